The number of hydrogen-bond donors (Lipinski definition) is 20. The number of benzene rings is 3. The van der Waals surface area contributed by atoms with Gasteiger partial charge in [-0.1, -0.05) is 80.6 Å². The number of carbonyl (C=O) groups is 13. The summed E-state index contributed by atoms with van der Waals surface area (Å²) in [5, 5.41) is 58.4. The fraction of sp³-hybridized carbons (Fsp3) is 0.494. The van der Waals surface area contributed by atoms with Crippen molar-refractivity contribution in [3.05, 3.63) is 120 Å². The van der Waals surface area contributed by atoms with Gasteiger partial charge in [0.2, 0.25) is 65.0 Å². The smallest absolute Gasteiger partial charge is 0.345 e. The normalized spacial score (nSPS) is 19.7. The SMILES string of the molecule is CNC(=O)c1ccccc1Sc1ccc2c(/C=C/c3ccccn3)nn(C(=O)N(CCNC(=O)[C@@H](N)CCCCN)CCC(=O)N[C@H](C(=O)N[C@@H](CCN)C(=O)N[C@H]3CCNC(=O)[C@@H]([C@@H](C)O)NC(=O)[C@H](CCN)NC(=O)[C@H](CCN)NC(=O)[C@H](CC(C)C)NC(=O)[C@@H](Cc4ccccc4)NC(=O)[C@H](CCN)NC3=O)[C@@H](C)O)c2c1. The van der Waals surface area contributed by atoms with Gasteiger partial charge in [-0.05, 0) is 164 Å². The number of unbranched alkanes of at least 4 members (excludes halogenated alkanes) is 1. The number of aliphatic hydroxyl groups is 2. The number of nitrogens with two attached hydrogens (primary N) is 6. The second-order valence-corrected chi connectivity index (χ2v) is 29.2. The molecule has 3 aromatic carbocycles. The maximum atomic E-state index is 15.2. The fourth-order valence-electron chi connectivity index (χ4n) is 12.3. The zero-order chi connectivity index (χ0) is 84.3. The number of aromatic nitrogens is 3. The number of rotatable bonds is 35. The Morgan fingerprint density at radius 3 is 1.86 bits per heavy atom. The third kappa shape index (κ3) is 29.2. The molecule has 0 radical (unpaired) electrons. The molecule has 626 valence electrons. The van der Waals surface area contributed by atoms with E-state index in [1.807, 2.05) is 0 Å². The van der Waals surface area contributed by atoms with Gasteiger partial charge in [-0.15, -0.1) is 0 Å². The van der Waals surface area contributed by atoms with E-state index in [0.717, 1.165) is 4.68 Å². The summed E-state index contributed by atoms with van der Waals surface area (Å²) in [5.74, 6) is -10.8. The summed E-state index contributed by atoms with van der Waals surface area (Å²) in [6.45, 7) is 4.16. The van der Waals surface area contributed by atoms with Crippen molar-refractivity contribution >= 4 is 112 Å². The van der Waals surface area contributed by atoms with Crippen LogP contribution in [0.15, 0.2) is 107 Å². The molecular weight excluding hydrogens is 1510 g/mol. The van der Waals surface area contributed by atoms with Crippen molar-refractivity contribution in [3.8, 4) is 0 Å². The maximum absolute atomic E-state index is 15.2. The lowest BCUT2D eigenvalue weighted by atomic mass is 10.00. The van der Waals surface area contributed by atoms with E-state index < -0.39 is 170 Å². The summed E-state index contributed by atoms with van der Waals surface area (Å²) in [7, 11) is 1.51. The minimum Gasteiger partial charge on any atom is -0.391 e. The van der Waals surface area contributed by atoms with E-state index in [1.165, 1.54) is 37.6 Å². The van der Waals surface area contributed by atoms with Crippen LogP contribution in [0, 0.1) is 5.92 Å². The van der Waals surface area contributed by atoms with Gasteiger partial charge in [0, 0.05) is 67.4 Å². The summed E-state index contributed by atoms with van der Waals surface area (Å²) in [4.78, 5) is 192. The topological polar surface area (TPSA) is 597 Å². The van der Waals surface area contributed by atoms with Gasteiger partial charge in [-0.3, -0.25) is 62.5 Å². The minimum atomic E-state index is -1.82. The highest BCUT2D eigenvalue weighted by Crippen LogP contribution is 2.34. The summed E-state index contributed by atoms with van der Waals surface area (Å²) >= 11 is 1.26. The predicted octanol–water partition coefficient (Wildman–Crippen LogP) is -3.33. The van der Waals surface area contributed by atoms with Gasteiger partial charge in [0.15, 0.2) is 0 Å². The van der Waals surface area contributed by atoms with Gasteiger partial charge in [0.05, 0.1) is 40.7 Å². The van der Waals surface area contributed by atoms with Crippen LogP contribution in [0.4, 0.5) is 4.79 Å². The van der Waals surface area contributed by atoms with E-state index in [4.69, 9.17) is 39.5 Å². The van der Waals surface area contributed by atoms with Crippen molar-refractivity contribution < 1.29 is 72.5 Å². The van der Waals surface area contributed by atoms with Gasteiger partial charge in [-0.2, -0.15) is 9.78 Å². The van der Waals surface area contributed by atoms with Gasteiger partial charge >= 0.3 is 6.03 Å². The molecule has 0 aliphatic carbocycles. The molecule has 13 amide bonds. The van der Waals surface area contributed by atoms with Crippen LogP contribution >= 0.6 is 11.8 Å². The average molecular weight is 1620 g/mol. The number of fused-ring (bicyclic) bond motifs is 1. The van der Waals surface area contributed by atoms with Gasteiger partial charge in [0.25, 0.3) is 5.91 Å². The van der Waals surface area contributed by atoms with Crippen LogP contribution in [0.5, 0.6) is 0 Å². The van der Waals surface area contributed by atoms with E-state index in [9.17, 15) is 67.7 Å². The molecule has 1 aliphatic heterocycles. The molecule has 115 heavy (non-hydrogen) atoms. The number of carbonyl (C=O) groups excluding carboxylic acids is 13. The summed E-state index contributed by atoms with van der Waals surface area (Å²) in [5.41, 5.74) is 38.0. The van der Waals surface area contributed by atoms with E-state index in [0.29, 0.717) is 69.0 Å². The van der Waals surface area contributed by atoms with Crippen LogP contribution in [-0.4, -0.2) is 245 Å². The minimum absolute atomic E-state index is 0.0164. The number of pyridine rings is 1. The quantitative estimate of drug-likeness (QED) is 0.0176. The molecule has 37 nitrogen and oxygen atoms in total. The highest BCUT2D eigenvalue weighted by Gasteiger charge is 2.38. The molecule has 12 atom stereocenters. The lowest BCUT2D eigenvalue weighted by Gasteiger charge is -2.28. The number of amides is 13. The molecule has 3 heterocycles. The molecule has 1 fully saturated rings. The first kappa shape index (κ1) is 93.0. The van der Waals surface area contributed by atoms with Crippen LogP contribution in [-0.2, 0) is 59.2 Å². The third-order valence-electron chi connectivity index (χ3n) is 18.5. The lowest BCUT2D eigenvalue weighted by Crippen LogP contribution is -2.61. The Hall–Kier alpha value is -10.8. The zero-order valence-corrected chi connectivity index (χ0v) is 66.2. The molecule has 6 rings (SSSR count). The second kappa shape index (κ2) is 47.7. The largest absolute Gasteiger partial charge is 0.391 e. The Kier molecular flexibility index (Phi) is 38.6. The Labute approximate surface area is 671 Å². The Morgan fingerprint density at radius 1 is 0.643 bits per heavy atom. The van der Waals surface area contributed by atoms with Crippen LogP contribution < -0.4 is 98.2 Å². The van der Waals surface area contributed by atoms with Crippen LogP contribution in [0.25, 0.3) is 23.1 Å². The summed E-state index contributed by atoms with van der Waals surface area (Å²) in [6.07, 6.45) is 1.03. The molecule has 1 saturated heterocycles. The van der Waals surface area contributed by atoms with E-state index >= 15 is 4.79 Å². The number of nitrogens with zero attached hydrogens (tertiary/aromatic N) is 4. The van der Waals surface area contributed by atoms with Crippen molar-refractivity contribution in [2.45, 2.75) is 181 Å². The molecule has 1 aliphatic rings. The molecule has 5 aromatic rings. The Balaban J connectivity index is 1.30. The van der Waals surface area contributed by atoms with E-state index in [-0.39, 0.29) is 89.6 Å². The zero-order valence-electron chi connectivity index (χ0n) is 65.4. The standard InChI is InChI=1S/C77H112N22O15S/c1-44(2)41-59-73(110)90-54(25-32-79)68(105)89-57(28-35-82)72(109)96-64(45(3)100)75(112)86-37-29-58(71(108)88-55(26-33-80)70(107)94-60(74(111)93-59)42-47-15-7-6-8-16-47)91-69(106)56(27-34-81)92-76(113)65(46(4)101)95-63(102)30-39-98(40-38-87-67(104)52(83)19-11-13-31-78)77(114)99-61-43-49(115-62-20-10-9-18-51(62)66(103)84-5)22-23-50(61)53(97-99)24-21-48-17-12-14-36-85-48/h6-10,12,14-18,20-24,36,43-46,52,54-60,64-65,100-101H,11,13,19,25-35,37-42,78-83H2,1-5H3,(H,84,103)(H,86,112)(H,87,104)(H,88,108)(H,89,105)(H,90,110)(H,91,106)(H,92,113)(H,93,111)(H,94,107)(H,95,102)(H,96,109)/b24-21+/t45-,46-,52+,54+,55+,56+,57+,58+,59+,60-,64-,65+/m1/s1. The maximum Gasteiger partial charge on any atom is 0.345 e. The van der Waals surface area contributed by atoms with Crippen LogP contribution in [0.3, 0.4) is 0 Å². The lowest BCUT2D eigenvalue weighted by molar-refractivity contribution is -0.136. The molecule has 0 saturated carbocycles. The van der Waals surface area contributed by atoms with Gasteiger partial charge < -0.3 is 113 Å². The van der Waals surface area contributed by atoms with Crippen molar-refractivity contribution in [2.75, 3.05) is 66.0 Å². The number of aliphatic hydroxyl groups excluding tert-OH is 2. The van der Waals surface area contributed by atoms with Gasteiger partial charge in [-0.25, -0.2) is 4.79 Å². The molecule has 2 aromatic heterocycles. The second-order valence-electron chi connectivity index (χ2n) is 28.1. The Bertz CT molecular complexity index is 4140. The molecule has 0 unspecified atom stereocenters. The summed E-state index contributed by atoms with van der Waals surface area (Å²) < 4.78 is 1.13. The first-order chi connectivity index (χ1) is 55.0. The molecular formula is C77H112N22O15S. The van der Waals surface area contributed by atoms with E-state index in [2.05, 4.69) is 68.8 Å². The predicted molar refractivity (Wildman–Crippen MR) is 430 cm³/mol. The Morgan fingerprint density at radius 2 is 1.25 bits per heavy atom. The van der Waals surface area contributed by atoms with Crippen LogP contribution in [0.2, 0.25) is 0 Å². The highest BCUT2D eigenvalue weighted by atomic mass is 32.2. The fourth-order valence-corrected chi connectivity index (χ4v) is 13.3. The monoisotopic (exact) mass is 1620 g/mol. The van der Waals surface area contributed by atoms with Crippen molar-refractivity contribution in [1.82, 2.24) is 83.5 Å². The summed E-state index contributed by atoms with van der Waals surface area (Å²) in [6, 6.07) is 10.2. The first-order valence-electron chi connectivity index (χ1n) is 38.4. The number of nitrogens with one attached hydrogen (secondary N) is 12. The van der Waals surface area contributed by atoms with Crippen molar-refractivity contribution in [2.24, 2.45) is 40.3 Å². The first-order valence-corrected chi connectivity index (χ1v) is 39.2. The van der Waals surface area contributed by atoms with Crippen molar-refractivity contribution in [1.29, 1.82) is 0 Å². The average Bonchev–Trinajstić information content (AvgIpc) is 1.63. The molecule has 26 N–H and O–H groups in total. The molecule has 0 spiro atoms. The third-order valence-corrected chi connectivity index (χ3v) is 19.6. The van der Waals surface area contributed by atoms with E-state index in [1.54, 1.807) is 123 Å². The molecule has 0 bridgehead atoms. The van der Waals surface area contributed by atoms with Gasteiger partial charge in [0.1, 0.15) is 54.4 Å². The van der Waals surface area contributed by atoms with Crippen molar-refractivity contribution in [3.63, 3.8) is 0 Å². The number of hydrogen-bond acceptors (Lipinski definition) is 24. The van der Waals surface area contributed by atoms with Crippen LogP contribution in [0.1, 0.15) is 119 Å². The highest BCUT2D eigenvalue weighted by molar-refractivity contribution is 7.99. The molecule has 38 heteroatoms.